The lowest BCUT2D eigenvalue weighted by atomic mass is 9.84. The van der Waals surface area contributed by atoms with Crippen LogP contribution in [0.1, 0.15) is 18.4 Å². The van der Waals surface area contributed by atoms with Crippen molar-refractivity contribution < 1.29 is 26.7 Å². The first kappa shape index (κ1) is 17.7. The molecule has 0 aliphatic carbocycles. The molecular weight excluding hydrogens is 341 g/mol. The Kier molecular flexibility index (Phi) is 4.69. The zero-order valence-corrected chi connectivity index (χ0v) is 13.5. The summed E-state index contributed by atoms with van der Waals surface area (Å²) in [5.74, 6) is -11.4. The summed E-state index contributed by atoms with van der Waals surface area (Å²) in [7, 11) is 1.88. The molecule has 0 aromatic heterocycles. The lowest BCUT2D eigenvalue weighted by Gasteiger charge is -2.41. The summed E-state index contributed by atoms with van der Waals surface area (Å²) < 4.78 is 73.9. The van der Waals surface area contributed by atoms with Gasteiger partial charge in [0.1, 0.15) is 5.60 Å². The highest BCUT2D eigenvalue weighted by Gasteiger charge is 2.40. The molecule has 2 aromatic carbocycles. The maximum atomic E-state index is 14.1. The van der Waals surface area contributed by atoms with Gasteiger partial charge in [0, 0.05) is 25.9 Å². The molecule has 0 N–H and O–H groups in total. The normalized spacial score (nSPS) is 17.5. The van der Waals surface area contributed by atoms with Gasteiger partial charge in [-0.3, -0.25) is 0 Å². The van der Waals surface area contributed by atoms with Gasteiger partial charge in [0.05, 0.1) is 0 Å². The first-order valence-electron chi connectivity index (χ1n) is 7.80. The van der Waals surface area contributed by atoms with E-state index in [1.807, 2.05) is 11.9 Å². The van der Waals surface area contributed by atoms with E-state index in [4.69, 9.17) is 4.74 Å². The van der Waals surface area contributed by atoms with Crippen LogP contribution in [0.2, 0.25) is 0 Å². The predicted molar refractivity (Wildman–Crippen MR) is 81.7 cm³/mol. The van der Waals surface area contributed by atoms with E-state index in [2.05, 4.69) is 0 Å². The van der Waals surface area contributed by atoms with Gasteiger partial charge in [0.15, 0.2) is 5.75 Å². The van der Waals surface area contributed by atoms with E-state index >= 15 is 0 Å². The molecule has 134 valence electrons. The van der Waals surface area contributed by atoms with Crippen molar-refractivity contribution in [2.24, 2.45) is 0 Å². The highest BCUT2D eigenvalue weighted by Crippen LogP contribution is 2.40. The molecule has 0 bridgehead atoms. The molecule has 1 aliphatic rings. The minimum Gasteiger partial charge on any atom is -0.476 e. The number of ether oxygens (including phenoxy) is 1. The van der Waals surface area contributed by atoms with Gasteiger partial charge < -0.3 is 9.64 Å². The number of benzene rings is 2. The quantitative estimate of drug-likeness (QED) is 0.459. The van der Waals surface area contributed by atoms with Gasteiger partial charge in [-0.1, -0.05) is 30.3 Å². The van der Waals surface area contributed by atoms with Crippen molar-refractivity contribution in [3.05, 3.63) is 65.0 Å². The topological polar surface area (TPSA) is 12.5 Å². The van der Waals surface area contributed by atoms with Crippen LogP contribution < -0.4 is 4.74 Å². The summed E-state index contributed by atoms with van der Waals surface area (Å²) in [5.41, 5.74) is -0.529. The molecular formula is C18H16F5NO. The van der Waals surface area contributed by atoms with Crippen molar-refractivity contribution in [2.45, 2.75) is 18.4 Å². The van der Waals surface area contributed by atoms with E-state index in [1.165, 1.54) is 0 Å². The molecule has 0 atom stereocenters. The van der Waals surface area contributed by atoms with Crippen molar-refractivity contribution >= 4 is 0 Å². The Balaban J connectivity index is 2.09. The molecule has 0 unspecified atom stereocenters. The number of rotatable bonds is 3. The van der Waals surface area contributed by atoms with Crippen LogP contribution in [0.3, 0.4) is 0 Å². The first-order valence-corrected chi connectivity index (χ1v) is 7.80. The number of piperidine rings is 1. The van der Waals surface area contributed by atoms with E-state index in [1.54, 1.807) is 30.3 Å². The summed E-state index contributed by atoms with van der Waals surface area (Å²) in [6.45, 7) is 1.12. The average molecular weight is 357 g/mol. The standard InChI is InChI=1S/C18H16F5NO/c1-24-9-7-18(8-10-24,11-5-3-2-4-6-11)25-17-15(22)13(20)12(19)14(21)16(17)23/h2-6H,7-10H2,1H3. The van der Waals surface area contributed by atoms with Gasteiger partial charge in [-0.25, -0.2) is 13.2 Å². The van der Waals surface area contributed by atoms with Crippen LogP contribution in [-0.4, -0.2) is 25.0 Å². The molecule has 0 amide bonds. The molecule has 1 aliphatic heterocycles. The predicted octanol–water partition coefficient (Wildman–Crippen LogP) is 4.38. The van der Waals surface area contributed by atoms with Crippen LogP contribution in [0, 0.1) is 29.1 Å². The van der Waals surface area contributed by atoms with E-state index in [0.717, 1.165) is 0 Å². The lowest BCUT2D eigenvalue weighted by Crippen LogP contribution is -2.45. The van der Waals surface area contributed by atoms with Gasteiger partial charge in [-0.2, -0.15) is 8.78 Å². The third-order valence-electron chi connectivity index (χ3n) is 4.56. The van der Waals surface area contributed by atoms with Crippen molar-refractivity contribution in [2.75, 3.05) is 20.1 Å². The van der Waals surface area contributed by atoms with E-state index in [0.29, 0.717) is 31.5 Å². The molecule has 7 heteroatoms. The highest BCUT2D eigenvalue weighted by atomic mass is 19.2. The highest BCUT2D eigenvalue weighted by molar-refractivity contribution is 5.33. The smallest absolute Gasteiger partial charge is 0.207 e. The third kappa shape index (κ3) is 3.08. The number of nitrogens with zero attached hydrogens (tertiary/aromatic N) is 1. The van der Waals surface area contributed by atoms with Crippen molar-refractivity contribution in [3.63, 3.8) is 0 Å². The fourth-order valence-electron chi connectivity index (χ4n) is 3.04. The number of likely N-dealkylation sites (tertiary alicyclic amines) is 1. The summed E-state index contributed by atoms with van der Waals surface area (Å²) in [6, 6.07) is 8.67. The van der Waals surface area contributed by atoms with Gasteiger partial charge in [-0.05, 0) is 12.6 Å². The molecule has 3 rings (SSSR count). The van der Waals surface area contributed by atoms with Crippen LogP contribution in [0.4, 0.5) is 22.0 Å². The van der Waals surface area contributed by atoms with Gasteiger partial charge in [-0.15, -0.1) is 0 Å². The Morgan fingerprint density at radius 3 is 1.80 bits per heavy atom. The maximum absolute atomic E-state index is 14.1. The molecule has 2 nitrogen and oxygen atoms in total. The van der Waals surface area contributed by atoms with Crippen LogP contribution >= 0.6 is 0 Å². The molecule has 0 radical (unpaired) electrons. The fraction of sp³-hybridized carbons (Fsp3) is 0.333. The Labute approximate surface area is 141 Å². The SMILES string of the molecule is CN1CCC(Oc2c(F)c(F)c(F)c(F)c2F)(c2ccccc2)CC1. The van der Waals surface area contributed by atoms with Crippen molar-refractivity contribution in [1.29, 1.82) is 0 Å². The summed E-state index contributed by atoms with van der Waals surface area (Å²) in [5, 5.41) is 0. The monoisotopic (exact) mass is 357 g/mol. The van der Waals surface area contributed by atoms with Crippen LogP contribution in [0.15, 0.2) is 30.3 Å². The van der Waals surface area contributed by atoms with E-state index < -0.39 is 40.4 Å². The van der Waals surface area contributed by atoms with Gasteiger partial charge in [0.25, 0.3) is 0 Å². The Morgan fingerprint density at radius 1 is 0.800 bits per heavy atom. The van der Waals surface area contributed by atoms with Crippen LogP contribution in [0.5, 0.6) is 5.75 Å². The summed E-state index contributed by atoms with van der Waals surface area (Å²) in [6.07, 6.45) is 0.708. The second-order valence-corrected chi connectivity index (χ2v) is 6.16. The van der Waals surface area contributed by atoms with Crippen molar-refractivity contribution in [3.8, 4) is 5.75 Å². The fourth-order valence-corrected chi connectivity index (χ4v) is 3.04. The molecule has 25 heavy (non-hydrogen) atoms. The minimum absolute atomic E-state index is 0.354. The Morgan fingerprint density at radius 2 is 1.28 bits per heavy atom. The van der Waals surface area contributed by atoms with Gasteiger partial charge >= 0.3 is 0 Å². The Hall–Kier alpha value is -2.15. The zero-order chi connectivity index (χ0) is 18.2. The average Bonchev–Trinajstić information content (AvgIpc) is 2.64. The maximum Gasteiger partial charge on any atom is 0.207 e. The molecule has 2 aromatic rings. The summed E-state index contributed by atoms with van der Waals surface area (Å²) >= 11 is 0. The van der Waals surface area contributed by atoms with E-state index in [9.17, 15) is 22.0 Å². The minimum atomic E-state index is -2.19. The number of hydrogen-bond acceptors (Lipinski definition) is 2. The number of halogens is 5. The van der Waals surface area contributed by atoms with Crippen molar-refractivity contribution in [1.82, 2.24) is 4.90 Å². The summed E-state index contributed by atoms with van der Waals surface area (Å²) in [4.78, 5) is 2.00. The molecule has 0 saturated carbocycles. The second-order valence-electron chi connectivity index (χ2n) is 6.16. The third-order valence-corrected chi connectivity index (χ3v) is 4.56. The van der Waals surface area contributed by atoms with Gasteiger partial charge in [0.2, 0.25) is 29.1 Å². The molecule has 1 heterocycles. The first-order chi connectivity index (χ1) is 11.9. The second kappa shape index (κ2) is 6.63. The molecule has 1 fully saturated rings. The largest absolute Gasteiger partial charge is 0.476 e. The Bertz CT molecular complexity index is 744. The van der Waals surface area contributed by atoms with Crippen LogP contribution in [0.25, 0.3) is 0 Å². The lowest BCUT2D eigenvalue weighted by molar-refractivity contribution is -0.00381. The van der Waals surface area contributed by atoms with E-state index in [-0.39, 0.29) is 0 Å². The number of hydrogen-bond donors (Lipinski definition) is 0. The zero-order valence-electron chi connectivity index (χ0n) is 13.5. The molecule has 0 spiro atoms. The molecule has 1 saturated heterocycles. The van der Waals surface area contributed by atoms with Crippen LogP contribution in [-0.2, 0) is 5.60 Å².